The molecule has 1 aliphatic rings. The van der Waals surface area contributed by atoms with E-state index in [0.717, 1.165) is 11.3 Å². The van der Waals surface area contributed by atoms with E-state index in [0.29, 0.717) is 0 Å². The van der Waals surface area contributed by atoms with Crippen molar-refractivity contribution in [2.75, 3.05) is 4.90 Å². The lowest BCUT2D eigenvalue weighted by atomic mass is 9.94. The van der Waals surface area contributed by atoms with Gasteiger partial charge in [-0.3, -0.25) is 0 Å². The van der Waals surface area contributed by atoms with Crippen molar-refractivity contribution in [3.8, 4) is 0 Å². The smallest absolute Gasteiger partial charge is 0.0720 e. The van der Waals surface area contributed by atoms with Gasteiger partial charge in [0.1, 0.15) is 0 Å². The molecule has 0 bridgehead atoms. The minimum absolute atomic E-state index is 1.05. The zero-order valence-corrected chi connectivity index (χ0v) is 20.3. The first-order chi connectivity index (χ1) is 16.7. The van der Waals surface area contributed by atoms with Gasteiger partial charge in [-0.25, -0.2) is 0 Å². The van der Waals surface area contributed by atoms with Gasteiger partial charge >= 0.3 is 0 Å². The monoisotopic (exact) mass is 471 g/mol. The van der Waals surface area contributed by atoms with E-state index in [1.165, 1.54) is 57.2 Å². The van der Waals surface area contributed by atoms with E-state index in [1.54, 1.807) is 0 Å². The van der Waals surface area contributed by atoms with Gasteiger partial charge in [-0.15, -0.1) is 22.7 Å². The summed E-state index contributed by atoms with van der Waals surface area (Å²) >= 11 is 3.79. The van der Waals surface area contributed by atoms with Crippen LogP contribution in [0.1, 0.15) is 11.1 Å². The summed E-state index contributed by atoms with van der Waals surface area (Å²) in [7, 11) is 0. The number of hydrogen-bond donors (Lipinski definition) is 0. The Balaban J connectivity index is 1.76. The maximum absolute atomic E-state index is 4.56. The van der Waals surface area contributed by atoms with Crippen molar-refractivity contribution in [3.05, 3.63) is 115 Å². The second-order valence-corrected chi connectivity index (χ2v) is 10.9. The molecular formula is C31H21NS2. The van der Waals surface area contributed by atoms with E-state index in [9.17, 15) is 0 Å². The van der Waals surface area contributed by atoms with Gasteiger partial charge in [0, 0.05) is 53.1 Å². The lowest BCUT2D eigenvalue weighted by molar-refractivity contribution is 1.28. The van der Waals surface area contributed by atoms with Crippen molar-refractivity contribution in [1.82, 2.24) is 0 Å². The second kappa shape index (κ2) is 7.42. The summed E-state index contributed by atoms with van der Waals surface area (Å²) in [5.74, 6) is 0. The van der Waals surface area contributed by atoms with Crippen molar-refractivity contribution >= 4 is 80.0 Å². The third-order valence-electron chi connectivity index (χ3n) is 6.64. The number of rotatable bonds is 1. The molecule has 0 atom stereocenters. The van der Waals surface area contributed by atoms with Gasteiger partial charge in [-0.2, -0.15) is 0 Å². The molecule has 0 saturated carbocycles. The van der Waals surface area contributed by atoms with Gasteiger partial charge in [0.05, 0.1) is 10.4 Å². The van der Waals surface area contributed by atoms with Gasteiger partial charge in [-0.05, 0) is 42.8 Å². The summed E-state index contributed by atoms with van der Waals surface area (Å²) in [6.07, 6.45) is 8.55. The number of nitrogens with zero attached hydrogens (tertiary/aromatic N) is 1. The normalized spacial score (nSPS) is 15.7. The number of allylic oxidation sites excluding steroid dienone is 4. The van der Waals surface area contributed by atoms with Crippen LogP contribution in [0.4, 0.5) is 11.4 Å². The number of anilines is 2. The van der Waals surface area contributed by atoms with E-state index in [1.807, 2.05) is 22.7 Å². The molecule has 3 heteroatoms. The first-order valence-corrected chi connectivity index (χ1v) is 13.0. The van der Waals surface area contributed by atoms with E-state index in [4.69, 9.17) is 0 Å². The van der Waals surface area contributed by atoms with Crippen LogP contribution in [0.3, 0.4) is 0 Å². The van der Waals surface area contributed by atoms with Crippen molar-refractivity contribution in [2.45, 2.75) is 6.92 Å². The van der Waals surface area contributed by atoms with Crippen LogP contribution in [-0.4, -0.2) is 0 Å². The maximum Gasteiger partial charge on any atom is 0.0720 e. The van der Waals surface area contributed by atoms with Crippen LogP contribution < -0.4 is 4.90 Å². The Hall–Kier alpha value is -3.66. The highest BCUT2D eigenvalue weighted by molar-refractivity contribution is 7.30. The minimum Gasteiger partial charge on any atom is -0.315 e. The molecule has 1 aliphatic heterocycles. The molecule has 0 fully saturated rings. The number of thiophene rings is 2. The molecule has 34 heavy (non-hydrogen) atoms. The predicted octanol–water partition coefficient (Wildman–Crippen LogP) is 9.97. The molecule has 6 aromatic rings. The third-order valence-corrected chi connectivity index (χ3v) is 9.00. The quantitative estimate of drug-likeness (QED) is 0.231. The summed E-state index contributed by atoms with van der Waals surface area (Å²) < 4.78 is 5.31. The zero-order chi connectivity index (χ0) is 22.8. The third kappa shape index (κ3) is 2.78. The molecule has 162 valence electrons. The molecule has 2 aromatic heterocycles. The molecule has 0 spiro atoms. The van der Waals surface area contributed by atoms with Crippen molar-refractivity contribution in [3.63, 3.8) is 0 Å². The van der Waals surface area contributed by atoms with Gasteiger partial charge in [-0.1, -0.05) is 72.8 Å². The van der Waals surface area contributed by atoms with Crippen molar-refractivity contribution in [1.29, 1.82) is 0 Å². The second-order valence-electron chi connectivity index (χ2n) is 8.76. The van der Waals surface area contributed by atoms with E-state index in [2.05, 4.69) is 116 Å². The number of benzene rings is 4. The Labute approximate surface area is 206 Å². The number of aryl methyl sites for hydroxylation is 1. The Bertz CT molecular complexity index is 1830. The molecule has 0 aliphatic carbocycles. The topological polar surface area (TPSA) is 3.24 Å². The fourth-order valence-electron chi connectivity index (χ4n) is 5.07. The maximum atomic E-state index is 4.56. The lowest BCUT2D eigenvalue weighted by Crippen LogP contribution is -2.11. The molecule has 1 nitrogen and oxygen atoms in total. The van der Waals surface area contributed by atoms with Gasteiger partial charge in [0.2, 0.25) is 0 Å². The van der Waals surface area contributed by atoms with Gasteiger partial charge in [0.15, 0.2) is 0 Å². The minimum atomic E-state index is 1.05. The molecular weight excluding hydrogens is 450 g/mol. The molecule has 7 rings (SSSR count). The highest BCUT2D eigenvalue weighted by Crippen LogP contribution is 2.54. The first kappa shape index (κ1) is 19.8. The molecule has 3 heterocycles. The Kier molecular flexibility index (Phi) is 4.32. The first-order valence-electron chi connectivity index (χ1n) is 11.4. The molecule has 0 radical (unpaired) electrons. The fourth-order valence-corrected chi connectivity index (χ4v) is 7.66. The van der Waals surface area contributed by atoms with Crippen LogP contribution in [-0.2, 0) is 0 Å². The molecule has 0 N–H and O–H groups in total. The average Bonchev–Trinajstić information content (AvgIpc) is 3.41. The molecule has 0 saturated heterocycles. The van der Waals surface area contributed by atoms with E-state index >= 15 is 0 Å². The van der Waals surface area contributed by atoms with Crippen LogP contribution >= 0.6 is 22.7 Å². The standard InChI is InChI=1S/C31H21NS2/c1-19-14-16-21(17-15-19)32-18-8-7-9-20(2)26-27-22-10-3-5-12-24(22)33-30(27)28-23-11-4-6-13-25(23)34-31(28)29(26)32/h3-18H,2H2,1H3/b9-7-,18-8-. The summed E-state index contributed by atoms with van der Waals surface area (Å²) in [5.41, 5.74) is 5.91. The zero-order valence-electron chi connectivity index (χ0n) is 18.7. The average molecular weight is 472 g/mol. The van der Waals surface area contributed by atoms with Gasteiger partial charge < -0.3 is 4.90 Å². The number of fused-ring (bicyclic) bond motifs is 10. The van der Waals surface area contributed by atoms with E-state index in [-0.39, 0.29) is 0 Å². The summed E-state index contributed by atoms with van der Waals surface area (Å²) in [6.45, 7) is 6.69. The molecule has 0 unspecified atom stereocenters. The lowest BCUT2D eigenvalue weighted by Gasteiger charge is -2.27. The summed E-state index contributed by atoms with van der Waals surface area (Å²) in [6, 6.07) is 26.4. The number of hydrogen-bond acceptors (Lipinski definition) is 3. The molecule has 0 amide bonds. The highest BCUT2D eigenvalue weighted by Gasteiger charge is 2.26. The van der Waals surface area contributed by atoms with Crippen molar-refractivity contribution in [2.24, 2.45) is 0 Å². The van der Waals surface area contributed by atoms with E-state index < -0.39 is 0 Å². The van der Waals surface area contributed by atoms with Crippen LogP contribution in [0.25, 0.3) is 45.9 Å². The fraction of sp³-hybridized carbons (Fsp3) is 0.0323. The highest BCUT2D eigenvalue weighted by atomic mass is 32.1. The van der Waals surface area contributed by atoms with Crippen LogP contribution in [0, 0.1) is 6.92 Å². The Morgan fingerprint density at radius 1 is 0.706 bits per heavy atom. The van der Waals surface area contributed by atoms with Crippen LogP contribution in [0.15, 0.2) is 104 Å². The largest absolute Gasteiger partial charge is 0.315 e. The van der Waals surface area contributed by atoms with Crippen LogP contribution in [0.5, 0.6) is 0 Å². The summed E-state index contributed by atoms with van der Waals surface area (Å²) in [5, 5.41) is 5.31. The predicted molar refractivity (Wildman–Crippen MR) is 153 cm³/mol. The summed E-state index contributed by atoms with van der Waals surface area (Å²) in [4.78, 5) is 2.35. The van der Waals surface area contributed by atoms with Crippen LogP contribution in [0.2, 0.25) is 0 Å². The Morgan fingerprint density at radius 3 is 2.09 bits per heavy atom. The Morgan fingerprint density at radius 2 is 1.35 bits per heavy atom. The van der Waals surface area contributed by atoms with Gasteiger partial charge in [0.25, 0.3) is 0 Å². The molecule has 4 aromatic carbocycles. The SMILES string of the molecule is C=C1/C=C\C=C/N(c2ccc(C)cc2)c2c1c1c3ccccc3sc1c1c2sc2ccccc21. The van der Waals surface area contributed by atoms with Crippen molar-refractivity contribution < 1.29 is 0 Å².